The molecule has 3 rings (SSSR count). The number of ether oxygens (including phenoxy) is 1. The molecule has 1 fully saturated rings. The molecular weight excluding hydrogens is 397 g/mol. The second kappa shape index (κ2) is 10.1. The van der Waals surface area contributed by atoms with Gasteiger partial charge in [-0.15, -0.1) is 0 Å². The Morgan fingerprint density at radius 1 is 1.27 bits per heavy atom. The van der Waals surface area contributed by atoms with Crippen LogP contribution in [0.1, 0.15) is 30.3 Å². The number of carbonyl (C=O) groups excluding carboxylic acids is 1. The Kier molecular flexibility index (Phi) is 7.49. The third-order valence-corrected chi connectivity index (χ3v) is 5.19. The van der Waals surface area contributed by atoms with Crippen molar-refractivity contribution in [3.05, 3.63) is 53.6 Å². The van der Waals surface area contributed by atoms with Gasteiger partial charge < -0.3 is 14.2 Å². The predicted octanol–water partition coefficient (Wildman–Crippen LogP) is 3.02. The van der Waals surface area contributed by atoms with Crippen molar-refractivity contribution in [1.82, 2.24) is 19.4 Å². The molecule has 1 aromatic heterocycles. The topological polar surface area (TPSA) is 50.6 Å². The molecular formula is C21H27F3N4O2. The average Bonchev–Trinajstić information content (AvgIpc) is 3.17. The average molecular weight is 424 g/mol. The van der Waals surface area contributed by atoms with E-state index in [0.717, 1.165) is 31.8 Å². The first-order valence-electron chi connectivity index (χ1n) is 10.1. The van der Waals surface area contributed by atoms with Gasteiger partial charge >= 0.3 is 6.18 Å². The molecule has 0 bridgehead atoms. The smallest absolute Gasteiger partial charge is 0.379 e. The molecule has 0 unspecified atom stereocenters. The van der Waals surface area contributed by atoms with Crippen molar-refractivity contribution in [3.63, 3.8) is 0 Å². The fourth-order valence-electron chi connectivity index (χ4n) is 3.45. The fraction of sp³-hybridized carbons (Fsp3) is 0.524. The number of nitrogens with zero attached hydrogens (tertiary/aromatic N) is 4. The third-order valence-electron chi connectivity index (χ3n) is 5.19. The van der Waals surface area contributed by atoms with E-state index in [1.165, 1.54) is 6.07 Å². The van der Waals surface area contributed by atoms with Gasteiger partial charge in [0.25, 0.3) is 0 Å². The van der Waals surface area contributed by atoms with E-state index < -0.39 is 11.7 Å². The number of hydrogen-bond donors (Lipinski definition) is 0. The number of imidazole rings is 1. The van der Waals surface area contributed by atoms with Crippen LogP contribution in [0.15, 0.2) is 36.7 Å². The minimum Gasteiger partial charge on any atom is -0.379 e. The Bertz CT molecular complexity index is 832. The minimum absolute atomic E-state index is 0.0249. The SMILES string of the molecule is CCC(=O)N(CCN1CCOCC1)Cc1nccn1Cc1cccc(C(F)(F)F)c1. The lowest BCUT2D eigenvalue weighted by molar-refractivity contribution is -0.137. The molecule has 164 valence electrons. The predicted molar refractivity (Wildman–Crippen MR) is 106 cm³/mol. The van der Waals surface area contributed by atoms with Gasteiger partial charge in [0.1, 0.15) is 5.82 Å². The number of carbonyl (C=O) groups is 1. The van der Waals surface area contributed by atoms with Crippen molar-refractivity contribution in [1.29, 1.82) is 0 Å². The molecule has 0 spiro atoms. The summed E-state index contributed by atoms with van der Waals surface area (Å²) in [6.45, 7) is 6.81. The number of alkyl halides is 3. The van der Waals surface area contributed by atoms with Crippen LogP contribution in [0.2, 0.25) is 0 Å². The van der Waals surface area contributed by atoms with E-state index in [-0.39, 0.29) is 12.5 Å². The molecule has 0 N–H and O–H groups in total. The van der Waals surface area contributed by atoms with Gasteiger partial charge in [-0.3, -0.25) is 9.69 Å². The van der Waals surface area contributed by atoms with Crippen molar-refractivity contribution in [2.24, 2.45) is 0 Å². The maximum atomic E-state index is 13.0. The lowest BCUT2D eigenvalue weighted by atomic mass is 10.1. The Morgan fingerprint density at radius 2 is 2.03 bits per heavy atom. The van der Waals surface area contributed by atoms with Crippen LogP contribution in [0.5, 0.6) is 0 Å². The number of morpholine rings is 1. The quantitative estimate of drug-likeness (QED) is 0.654. The van der Waals surface area contributed by atoms with Crippen molar-refractivity contribution in [3.8, 4) is 0 Å². The first-order chi connectivity index (χ1) is 14.4. The first kappa shape index (κ1) is 22.3. The standard InChI is InChI=1S/C21H27F3N4O2/c1-2-20(29)28(9-8-26-10-12-30-13-11-26)16-19-25-6-7-27(19)15-17-4-3-5-18(14-17)21(22,23)24/h3-7,14H,2,8-13,15-16H2,1H3. The van der Waals surface area contributed by atoms with Gasteiger partial charge in [-0.25, -0.2) is 4.98 Å². The maximum Gasteiger partial charge on any atom is 0.416 e. The molecule has 2 aromatic rings. The molecule has 0 aliphatic carbocycles. The zero-order valence-electron chi connectivity index (χ0n) is 17.1. The summed E-state index contributed by atoms with van der Waals surface area (Å²) < 4.78 is 46.1. The molecule has 0 radical (unpaired) electrons. The Hall–Kier alpha value is -2.39. The summed E-state index contributed by atoms with van der Waals surface area (Å²) in [7, 11) is 0. The fourth-order valence-corrected chi connectivity index (χ4v) is 3.45. The van der Waals surface area contributed by atoms with E-state index in [0.29, 0.717) is 44.1 Å². The zero-order valence-corrected chi connectivity index (χ0v) is 17.1. The van der Waals surface area contributed by atoms with E-state index in [9.17, 15) is 18.0 Å². The summed E-state index contributed by atoms with van der Waals surface area (Å²) >= 11 is 0. The molecule has 0 saturated carbocycles. The molecule has 6 nitrogen and oxygen atoms in total. The van der Waals surface area contributed by atoms with E-state index in [4.69, 9.17) is 4.74 Å². The highest BCUT2D eigenvalue weighted by Crippen LogP contribution is 2.29. The number of halogens is 3. The van der Waals surface area contributed by atoms with Gasteiger partial charge in [-0.2, -0.15) is 13.2 Å². The van der Waals surface area contributed by atoms with Gasteiger partial charge in [0.05, 0.1) is 25.3 Å². The first-order valence-corrected chi connectivity index (χ1v) is 10.1. The maximum absolute atomic E-state index is 13.0. The monoisotopic (exact) mass is 424 g/mol. The van der Waals surface area contributed by atoms with E-state index in [1.54, 1.807) is 27.9 Å². The summed E-state index contributed by atoms with van der Waals surface area (Å²) in [5.41, 5.74) is -0.138. The van der Waals surface area contributed by atoms with Crippen LogP contribution in [0, 0.1) is 0 Å². The highest BCUT2D eigenvalue weighted by molar-refractivity contribution is 5.75. The van der Waals surface area contributed by atoms with Crippen molar-refractivity contribution >= 4 is 5.91 Å². The molecule has 1 saturated heterocycles. The van der Waals surface area contributed by atoms with Gasteiger partial charge in [-0.1, -0.05) is 19.1 Å². The molecule has 1 amide bonds. The second-order valence-electron chi connectivity index (χ2n) is 7.29. The van der Waals surface area contributed by atoms with Gasteiger partial charge in [0, 0.05) is 51.5 Å². The van der Waals surface area contributed by atoms with Crippen LogP contribution in [-0.2, 0) is 28.8 Å². The number of hydrogen-bond acceptors (Lipinski definition) is 4. The highest BCUT2D eigenvalue weighted by atomic mass is 19.4. The summed E-state index contributed by atoms with van der Waals surface area (Å²) in [6.07, 6.45) is -0.652. The van der Waals surface area contributed by atoms with Crippen molar-refractivity contribution in [2.45, 2.75) is 32.6 Å². The molecule has 1 aliphatic rings. The van der Waals surface area contributed by atoms with Crippen LogP contribution < -0.4 is 0 Å². The second-order valence-corrected chi connectivity index (χ2v) is 7.29. The Balaban J connectivity index is 1.68. The Labute approximate surface area is 174 Å². The van der Waals surface area contributed by atoms with Gasteiger partial charge in [0.2, 0.25) is 5.91 Å². The largest absolute Gasteiger partial charge is 0.416 e. The Morgan fingerprint density at radius 3 is 2.73 bits per heavy atom. The molecule has 1 aromatic carbocycles. The summed E-state index contributed by atoms with van der Waals surface area (Å²) in [6, 6.07) is 5.28. The van der Waals surface area contributed by atoms with E-state index >= 15 is 0 Å². The van der Waals surface area contributed by atoms with Crippen LogP contribution >= 0.6 is 0 Å². The highest BCUT2D eigenvalue weighted by Gasteiger charge is 2.30. The molecule has 9 heteroatoms. The number of aromatic nitrogens is 2. The molecule has 30 heavy (non-hydrogen) atoms. The number of rotatable bonds is 8. The molecule has 1 aliphatic heterocycles. The molecule has 2 heterocycles. The van der Waals surface area contributed by atoms with Crippen molar-refractivity contribution < 1.29 is 22.7 Å². The van der Waals surface area contributed by atoms with Crippen LogP contribution in [0.4, 0.5) is 13.2 Å². The third kappa shape index (κ3) is 6.06. The van der Waals surface area contributed by atoms with Gasteiger partial charge in [0.15, 0.2) is 0 Å². The normalized spacial score (nSPS) is 15.3. The number of benzene rings is 1. The van der Waals surface area contributed by atoms with Gasteiger partial charge in [-0.05, 0) is 17.7 Å². The molecule has 0 atom stereocenters. The van der Waals surface area contributed by atoms with Crippen LogP contribution in [0.25, 0.3) is 0 Å². The zero-order chi connectivity index (χ0) is 21.6. The minimum atomic E-state index is -4.38. The lowest BCUT2D eigenvalue weighted by Crippen LogP contribution is -2.43. The number of amides is 1. The lowest BCUT2D eigenvalue weighted by Gasteiger charge is -2.30. The summed E-state index contributed by atoms with van der Waals surface area (Å²) in [5, 5.41) is 0. The van der Waals surface area contributed by atoms with Crippen LogP contribution in [0.3, 0.4) is 0 Å². The summed E-state index contributed by atoms with van der Waals surface area (Å²) in [5.74, 6) is 0.674. The van der Waals surface area contributed by atoms with Crippen molar-refractivity contribution in [2.75, 3.05) is 39.4 Å². The van der Waals surface area contributed by atoms with E-state index in [1.807, 2.05) is 6.92 Å². The van der Waals surface area contributed by atoms with Crippen LogP contribution in [-0.4, -0.2) is 64.7 Å². The van der Waals surface area contributed by atoms with E-state index in [2.05, 4.69) is 9.88 Å². The summed E-state index contributed by atoms with van der Waals surface area (Å²) in [4.78, 5) is 20.8.